The van der Waals surface area contributed by atoms with E-state index in [-0.39, 0.29) is 32.1 Å². The van der Waals surface area contributed by atoms with Gasteiger partial charge in [-0.25, -0.2) is 0 Å². The van der Waals surface area contributed by atoms with E-state index in [0.29, 0.717) is 0 Å². The molecule has 0 saturated heterocycles. The molecule has 119 valence electrons. The van der Waals surface area contributed by atoms with Gasteiger partial charge >= 0.3 is 0 Å². The molecule has 1 aliphatic carbocycles. The van der Waals surface area contributed by atoms with Gasteiger partial charge < -0.3 is 0 Å². The molecule has 7 heteroatoms. The minimum absolute atomic E-state index is 0. The maximum Gasteiger partial charge on any atom is 0.130 e. The number of halogens is 6. The van der Waals surface area contributed by atoms with Crippen LogP contribution in [0.2, 0.25) is 0 Å². The van der Waals surface area contributed by atoms with Crippen molar-refractivity contribution in [2.75, 3.05) is 0 Å². The fraction of sp³-hybridized carbons (Fsp3) is 1.00. The van der Waals surface area contributed by atoms with E-state index in [1.54, 1.807) is 0 Å². The zero-order valence-electron chi connectivity index (χ0n) is 10.4. The normalized spacial score (nSPS) is 27.5. The van der Waals surface area contributed by atoms with Gasteiger partial charge in [-0.05, 0) is 12.8 Å². The summed E-state index contributed by atoms with van der Waals surface area (Å²) in [7, 11) is 0. The molecule has 0 aliphatic heterocycles. The predicted molar refractivity (Wildman–Crippen MR) is 103 cm³/mol. The van der Waals surface area contributed by atoms with Gasteiger partial charge in [-0.3, -0.25) is 0 Å². The van der Waals surface area contributed by atoms with E-state index in [0.717, 1.165) is 12.8 Å². The van der Waals surface area contributed by atoms with Crippen LogP contribution in [0.25, 0.3) is 0 Å². The fourth-order valence-electron chi connectivity index (χ4n) is 2.16. The zero-order valence-corrected chi connectivity index (χ0v) is 22.1. The maximum atomic E-state index is 3.85. The third kappa shape index (κ3) is 6.56. The Morgan fingerprint density at radius 3 is 1.05 bits per heavy atom. The van der Waals surface area contributed by atoms with Crippen LogP contribution in [0.1, 0.15) is 57.8 Å². The summed E-state index contributed by atoms with van der Waals surface area (Å²) in [6, 6.07) is 0. The van der Waals surface area contributed by atoms with Crippen molar-refractivity contribution in [1.29, 1.82) is 0 Å². The largest absolute Gasteiger partial charge is 0.130 e. The molecule has 0 atom stereocenters. The molecule has 1 saturated carbocycles. The number of hydrogen-bond acceptors (Lipinski definition) is 0. The van der Waals surface area contributed by atoms with Crippen molar-refractivity contribution >= 4 is 95.6 Å². The van der Waals surface area contributed by atoms with Gasteiger partial charge in [0.15, 0.2) is 0 Å². The first-order valence-corrected chi connectivity index (χ1v) is 11.1. The van der Waals surface area contributed by atoms with Gasteiger partial charge in [0.1, 0.15) is 9.70 Å². The Balaban J connectivity index is 0.00000324. The Morgan fingerprint density at radius 1 is 0.474 bits per heavy atom. The van der Waals surface area contributed by atoms with Crippen LogP contribution in [0.5, 0.6) is 0 Å². The first-order chi connectivity index (χ1) is 8.21. The Labute approximate surface area is 183 Å². The maximum absolute atomic E-state index is 3.85. The van der Waals surface area contributed by atoms with Crippen molar-refractivity contribution in [3.05, 3.63) is 0 Å². The SMILES string of the molecule is BrC1(Br)CCCCCCCCCC(Br)(Br)C1(Br)Br.[Au]. The standard InChI is InChI=1S/C12H18Br6.Au/c13-10(14)8-6-4-2-1-3-5-7-9-11(15,16)12(10,17)18;/h1-9H2;. The van der Waals surface area contributed by atoms with Crippen LogP contribution in [0, 0.1) is 0 Å². The van der Waals surface area contributed by atoms with E-state index in [1.807, 2.05) is 0 Å². The van der Waals surface area contributed by atoms with Crippen molar-refractivity contribution < 1.29 is 22.4 Å². The molecule has 0 unspecified atom stereocenters. The molecule has 1 fully saturated rings. The molecule has 1 rings (SSSR count). The van der Waals surface area contributed by atoms with Crippen LogP contribution in [0.3, 0.4) is 0 Å². The van der Waals surface area contributed by atoms with Crippen molar-refractivity contribution in [3.63, 3.8) is 0 Å². The average Bonchev–Trinajstić information content (AvgIpc) is 2.25. The summed E-state index contributed by atoms with van der Waals surface area (Å²) in [5.41, 5.74) is 0. The van der Waals surface area contributed by atoms with E-state index >= 15 is 0 Å². The van der Waals surface area contributed by atoms with Gasteiger partial charge in [0.25, 0.3) is 0 Å². The molecule has 0 spiro atoms. The first kappa shape index (κ1) is 22.6. The molecule has 0 N–H and O–H groups in total. The van der Waals surface area contributed by atoms with E-state index in [2.05, 4.69) is 95.6 Å². The van der Waals surface area contributed by atoms with Crippen LogP contribution in [0.15, 0.2) is 0 Å². The molecule has 0 amide bonds. The van der Waals surface area contributed by atoms with Gasteiger partial charge in [0, 0.05) is 22.4 Å². The summed E-state index contributed by atoms with van der Waals surface area (Å²) in [6.45, 7) is 0. The van der Waals surface area contributed by atoms with Gasteiger partial charge in [0.05, 0.1) is 0 Å². The monoisotopic (exact) mass is 833 g/mol. The average molecular weight is 839 g/mol. The van der Waals surface area contributed by atoms with Gasteiger partial charge in [-0.1, -0.05) is 141 Å². The smallest absolute Gasteiger partial charge is 0.0701 e. The Morgan fingerprint density at radius 2 is 0.737 bits per heavy atom. The molecule has 0 aromatic heterocycles. The summed E-state index contributed by atoms with van der Waals surface area (Å²) in [6.07, 6.45) is 11.3. The minimum atomic E-state index is -0.292. The third-order valence-electron chi connectivity index (χ3n) is 3.40. The number of rotatable bonds is 0. The second kappa shape index (κ2) is 9.80. The molecule has 19 heavy (non-hydrogen) atoms. The molecule has 1 aliphatic rings. The fourth-order valence-corrected chi connectivity index (χ4v) is 6.49. The second-order valence-corrected chi connectivity index (χ2v) is 15.9. The van der Waals surface area contributed by atoms with Crippen molar-refractivity contribution in [3.8, 4) is 0 Å². The van der Waals surface area contributed by atoms with Crippen molar-refractivity contribution in [2.45, 2.75) is 67.5 Å². The van der Waals surface area contributed by atoms with Crippen LogP contribution in [0.4, 0.5) is 0 Å². The second-order valence-electron chi connectivity index (χ2n) is 4.96. The predicted octanol–water partition coefficient (Wildman–Crippen LogP) is 7.97. The topological polar surface area (TPSA) is 0 Å². The van der Waals surface area contributed by atoms with E-state index in [4.69, 9.17) is 0 Å². The summed E-state index contributed by atoms with van der Waals surface area (Å²) in [5.74, 6) is 0. The Bertz CT molecular complexity index is 243. The Hall–Kier alpha value is 3.62. The number of alkyl halides is 6. The van der Waals surface area contributed by atoms with E-state index < -0.39 is 0 Å². The van der Waals surface area contributed by atoms with Crippen LogP contribution >= 0.6 is 95.6 Å². The molecule has 0 nitrogen and oxygen atoms in total. The summed E-state index contributed by atoms with van der Waals surface area (Å²) in [5, 5.41) is 0. The third-order valence-corrected chi connectivity index (χ3v) is 14.3. The summed E-state index contributed by atoms with van der Waals surface area (Å²) < 4.78 is -0.655. The molecule has 0 aromatic rings. The van der Waals surface area contributed by atoms with Gasteiger partial charge in [-0.15, -0.1) is 0 Å². The van der Waals surface area contributed by atoms with E-state index in [1.165, 1.54) is 44.9 Å². The van der Waals surface area contributed by atoms with Crippen LogP contribution < -0.4 is 0 Å². The van der Waals surface area contributed by atoms with Crippen molar-refractivity contribution in [2.24, 2.45) is 0 Å². The molecule has 0 aromatic carbocycles. The molecular formula is C12H18AuBr6. The molecule has 1 radical (unpaired) electrons. The van der Waals surface area contributed by atoms with E-state index in [9.17, 15) is 0 Å². The summed E-state index contributed by atoms with van der Waals surface area (Å²) >= 11 is 23.1. The van der Waals surface area contributed by atoms with Gasteiger partial charge in [0.2, 0.25) is 0 Å². The zero-order chi connectivity index (χ0) is 13.9. The minimum Gasteiger partial charge on any atom is -0.0701 e. The quantitative estimate of drug-likeness (QED) is 0.172. The molecule has 0 bridgehead atoms. The summed E-state index contributed by atoms with van der Waals surface area (Å²) in [4.78, 5) is 0. The number of hydrogen-bond donors (Lipinski definition) is 0. The molecular weight excluding hydrogens is 821 g/mol. The Kier molecular flexibility index (Phi) is 11.7. The van der Waals surface area contributed by atoms with Crippen LogP contribution in [-0.2, 0) is 22.4 Å². The first-order valence-electron chi connectivity index (χ1n) is 6.34. The van der Waals surface area contributed by atoms with Crippen molar-refractivity contribution in [1.82, 2.24) is 0 Å². The molecule has 0 heterocycles. The van der Waals surface area contributed by atoms with Gasteiger partial charge in [-0.2, -0.15) is 0 Å². The van der Waals surface area contributed by atoms with Crippen LogP contribution in [-0.4, -0.2) is 9.70 Å².